The van der Waals surface area contributed by atoms with Gasteiger partial charge in [0.2, 0.25) is 0 Å². The number of carbonyl (C=O) groups is 1. The molecule has 0 radical (unpaired) electrons. The first kappa shape index (κ1) is 20.6. The second-order valence-corrected chi connectivity index (χ2v) is 10.8. The monoisotopic (exact) mass is 440 g/mol. The molecule has 2 N–H and O–H groups in total. The Kier molecular flexibility index (Phi) is 4.94. The lowest BCUT2D eigenvalue weighted by Gasteiger charge is -2.50. The maximum absolute atomic E-state index is 13.4. The van der Waals surface area contributed by atoms with E-state index in [4.69, 9.17) is 9.32 Å². The third-order valence-corrected chi connectivity index (χ3v) is 8.45. The highest BCUT2D eigenvalue weighted by atomic mass is 32.2. The van der Waals surface area contributed by atoms with E-state index in [9.17, 15) is 13.2 Å². The van der Waals surface area contributed by atoms with Crippen LogP contribution in [0.5, 0.6) is 0 Å². The zero-order valence-electron chi connectivity index (χ0n) is 17.7. The third kappa shape index (κ3) is 3.68. The van der Waals surface area contributed by atoms with Gasteiger partial charge in [0.15, 0.2) is 5.78 Å². The predicted octanol–water partition coefficient (Wildman–Crippen LogP) is 3.93. The molecule has 0 amide bonds. The van der Waals surface area contributed by atoms with Crippen LogP contribution < -0.4 is 5.14 Å². The molecule has 5 atom stereocenters. The molecule has 4 aliphatic rings. The number of carbonyl (C=O) groups excluding carboxylic acids is 1. The zero-order valence-corrected chi connectivity index (χ0v) is 18.5. The Bertz CT molecular complexity index is 1110. The van der Waals surface area contributed by atoms with Crippen molar-refractivity contribution in [1.29, 1.82) is 0 Å². The number of hydrogen-bond donors (Lipinski definition) is 1. The predicted molar refractivity (Wildman–Crippen MR) is 117 cm³/mol. The molecule has 3 saturated carbocycles. The van der Waals surface area contributed by atoms with Crippen molar-refractivity contribution >= 4 is 22.2 Å². The second-order valence-electron chi connectivity index (χ2n) is 9.67. The van der Waals surface area contributed by atoms with Gasteiger partial charge in [-0.2, -0.15) is 13.6 Å². The molecule has 7 heteroatoms. The molecule has 1 aromatic rings. The summed E-state index contributed by atoms with van der Waals surface area (Å²) in [5, 5.41) is 5.04. The average molecular weight is 441 g/mol. The zero-order chi connectivity index (χ0) is 21.8. The highest BCUT2D eigenvalue weighted by molar-refractivity contribution is 7.84. The van der Waals surface area contributed by atoms with Crippen molar-refractivity contribution < 1.29 is 17.4 Å². The van der Waals surface area contributed by atoms with Crippen molar-refractivity contribution in [3.8, 4) is 0 Å². The van der Waals surface area contributed by atoms with Crippen molar-refractivity contribution in [2.45, 2.75) is 45.4 Å². The lowest BCUT2D eigenvalue weighted by Crippen LogP contribution is -2.45. The highest BCUT2D eigenvalue weighted by Crippen LogP contribution is 2.61. The van der Waals surface area contributed by atoms with Gasteiger partial charge in [-0.05, 0) is 91.2 Å². The Morgan fingerprint density at radius 3 is 2.68 bits per heavy atom. The molecule has 5 unspecified atom stereocenters. The molecule has 5 rings (SSSR count). The maximum Gasteiger partial charge on any atom is 0.379 e. The average Bonchev–Trinajstić information content (AvgIpc) is 2.98. The summed E-state index contributed by atoms with van der Waals surface area (Å²) in [5.41, 5.74) is 3.10. The normalized spacial score (nSPS) is 36.2. The first-order chi connectivity index (χ1) is 14.7. The summed E-state index contributed by atoms with van der Waals surface area (Å²) < 4.78 is 27.5. The Balaban J connectivity index is 1.42. The summed E-state index contributed by atoms with van der Waals surface area (Å²) in [5.74, 6) is 2.35. The molecule has 1 aromatic heterocycles. The molecule has 31 heavy (non-hydrogen) atoms. The standard InChI is InChI=1S/C24H28N2O4S/c1-24-9-6-20-19-5-3-18(30-31(25,28)29)13-16(19)2-4-21(20)22(24)14-17(23(24)27)12-15-7-10-26-11-8-15/h3,5,7-8,10-12,16,20-22H,2,4,6,9,13-14H2,1H3,(H2,25,28,29). The van der Waals surface area contributed by atoms with Crippen molar-refractivity contribution in [2.75, 3.05) is 0 Å². The fourth-order valence-corrected chi connectivity index (χ4v) is 7.04. The topological polar surface area (TPSA) is 99.3 Å². The van der Waals surface area contributed by atoms with E-state index in [-0.39, 0.29) is 5.41 Å². The number of pyridine rings is 1. The number of Topliss-reactive ketones (excluding diaryl/α,β-unsaturated/α-hetero) is 1. The molecular weight excluding hydrogens is 412 g/mol. The Labute approximate surface area is 183 Å². The van der Waals surface area contributed by atoms with Crippen molar-refractivity contribution in [3.05, 3.63) is 59.1 Å². The number of fused-ring (bicyclic) bond motifs is 5. The number of nitrogens with zero attached hydrogens (tertiary/aromatic N) is 1. The van der Waals surface area contributed by atoms with Crippen LogP contribution in [-0.2, 0) is 19.3 Å². The Hall–Kier alpha value is -2.25. The van der Waals surface area contributed by atoms with Crippen LogP contribution in [0, 0.1) is 29.1 Å². The quantitative estimate of drug-likeness (QED) is 0.718. The first-order valence-corrected chi connectivity index (χ1v) is 12.5. The van der Waals surface area contributed by atoms with Crippen LogP contribution in [0.25, 0.3) is 6.08 Å². The van der Waals surface area contributed by atoms with Crippen LogP contribution in [0.3, 0.4) is 0 Å². The van der Waals surface area contributed by atoms with Crippen LogP contribution in [0.1, 0.15) is 51.0 Å². The number of aromatic nitrogens is 1. The summed E-state index contributed by atoms with van der Waals surface area (Å²) in [6.45, 7) is 2.17. The Morgan fingerprint density at radius 2 is 1.94 bits per heavy atom. The number of hydrogen-bond acceptors (Lipinski definition) is 5. The van der Waals surface area contributed by atoms with Crippen LogP contribution in [-0.4, -0.2) is 19.2 Å². The number of rotatable bonds is 3. The molecule has 0 spiro atoms. The third-order valence-electron chi connectivity index (χ3n) is 8.00. The summed E-state index contributed by atoms with van der Waals surface area (Å²) in [7, 11) is -3.99. The van der Waals surface area contributed by atoms with E-state index in [1.807, 2.05) is 18.2 Å². The highest BCUT2D eigenvalue weighted by Gasteiger charge is 2.57. The lowest BCUT2D eigenvalue weighted by molar-refractivity contribution is -0.127. The Morgan fingerprint density at radius 1 is 1.16 bits per heavy atom. The van der Waals surface area contributed by atoms with Crippen molar-refractivity contribution in [1.82, 2.24) is 4.98 Å². The minimum absolute atomic E-state index is 0.278. The molecule has 1 heterocycles. The molecule has 164 valence electrons. The van der Waals surface area contributed by atoms with E-state index in [0.717, 1.165) is 43.2 Å². The van der Waals surface area contributed by atoms with Gasteiger partial charge in [-0.1, -0.05) is 18.6 Å². The van der Waals surface area contributed by atoms with Gasteiger partial charge in [0, 0.05) is 24.2 Å². The van der Waals surface area contributed by atoms with Crippen molar-refractivity contribution in [2.24, 2.45) is 34.2 Å². The molecule has 0 aromatic carbocycles. The molecule has 3 fully saturated rings. The van der Waals surface area contributed by atoms with Crippen LogP contribution >= 0.6 is 0 Å². The van der Waals surface area contributed by atoms with Gasteiger partial charge in [0.25, 0.3) is 0 Å². The summed E-state index contributed by atoms with van der Waals surface area (Å²) in [6.07, 6.45) is 14.8. The molecule has 0 saturated heterocycles. The van der Waals surface area contributed by atoms with Gasteiger partial charge >= 0.3 is 10.3 Å². The van der Waals surface area contributed by atoms with Gasteiger partial charge in [-0.15, -0.1) is 0 Å². The minimum atomic E-state index is -3.99. The fraction of sp³-hybridized carbons (Fsp3) is 0.500. The number of allylic oxidation sites excluding steroid dienone is 5. The summed E-state index contributed by atoms with van der Waals surface area (Å²) in [4.78, 5) is 17.5. The van der Waals surface area contributed by atoms with Crippen LogP contribution in [0.4, 0.5) is 0 Å². The molecule has 0 bridgehead atoms. The number of ketones is 1. The lowest BCUT2D eigenvalue weighted by atomic mass is 9.53. The fourth-order valence-electron chi connectivity index (χ4n) is 6.62. The number of nitrogens with two attached hydrogens (primary N) is 1. The molecule has 0 aliphatic heterocycles. The van der Waals surface area contributed by atoms with Gasteiger partial charge < -0.3 is 4.18 Å². The maximum atomic E-state index is 13.4. The molecular formula is C24H28N2O4S. The van der Waals surface area contributed by atoms with E-state index in [1.165, 1.54) is 5.57 Å². The largest absolute Gasteiger partial charge is 0.379 e. The molecule has 6 nitrogen and oxygen atoms in total. The van der Waals surface area contributed by atoms with Crippen molar-refractivity contribution in [3.63, 3.8) is 0 Å². The van der Waals surface area contributed by atoms with Crippen LogP contribution in [0.15, 0.2) is 53.6 Å². The summed E-state index contributed by atoms with van der Waals surface area (Å²) >= 11 is 0. The first-order valence-electron chi connectivity index (χ1n) is 11.0. The van der Waals surface area contributed by atoms with E-state index in [0.29, 0.717) is 41.6 Å². The van der Waals surface area contributed by atoms with E-state index < -0.39 is 10.3 Å². The SMILES string of the molecule is CC12CCC3C4=CC=C(OS(N)(=O)=O)CC4CCC3C1CC(=Cc1ccncc1)C2=O. The smallest absolute Gasteiger partial charge is 0.376 e. The minimum Gasteiger partial charge on any atom is -0.376 e. The molecule has 4 aliphatic carbocycles. The van der Waals surface area contributed by atoms with E-state index >= 15 is 0 Å². The van der Waals surface area contributed by atoms with Crippen LogP contribution in [0.2, 0.25) is 0 Å². The van der Waals surface area contributed by atoms with Gasteiger partial charge in [0.05, 0.1) is 0 Å². The second kappa shape index (κ2) is 7.41. The van der Waals surface area contributed by atoms with E-state index in [1.54, 1.807) is 18.5 Å². The van der Waals surface area contributed by atoms with Gasteiger partial charge in [0.1, 0.15) is 5.76 Å². The summed E-state index contributed by atoms with van der Waals surface area (Å²) in [6, 6.07) is 3.89. The van der Waals surface area contributed by atoms with E-state index in [2.05, 4.69) is 18.0 Å². The van der Waals surface area contributed by atoms with Gasteiger partial charge in [-0.25, -0.2) is 0 Å². The van der Waals surface area contributed by atoms with Gasteiger partial charge in [-0.3, -0.25) is 9.78 Å².